The Kier molecular flexibility index (Phi) is 3.69. The highest BCUT2D eigenvalue weighted by molar-refractivity contribution is 5.77. The summed E-state index contributed by atoms with van der Waals surface area (Å²) < 4.78 is 5.39. The molecule has 1 aromatic rings. The number of rotatable bonds is 4. The van der Waals surface area contributed by atoms with Gasteiger partial charge in [-0.1, -0.05) is 24.6 Å². The van der Waals surface area contributed by atoms with Gasteiger partial charge in [-0.15, -0.1) is 0 Å². The lowest BCUT2D eigenvalue weighted by molar-refractivity contribution is -0.118. The number of aryl methyl sites for hydroxylation is 2. The van der Waals surface area contributed by atoms with Gasteiger partial charge in [0.05, 0.1) is 0 Å². The Labute approximate surface area is 84.9 Å². The first kappa shape index (κ1) is 10.8. The Morgan fingerprint density at radius 1 is 1.43 bits per heavy atom. The van der Waals surface area contributed by atoms with Crippen LogP contribution in [0.4, 0.5) is 0 Å². The average molecular weight is 192 g/mol. The molecule has 0 aliphatic carbocycles. The van der Waals surface area contributed by atoms with Crippen molar-refractivity contribution in [3.05, 3.63) is 29.3 Å². The van der Waals surface area contributed by atoms with Crippen LogP contribution in [-0.2, 0) is 11.2 Å². The minimum atomic E-state index is 0.0487. The molecular formula is C12H16O2. The smallest absolute Gasteiger partial charge is 0.167 e. The molecule has 2 nitrogen and oxygen atoms in total. The number of carbonyl (C=O) groups is 1. The maximum Gasteiger partial charge on any atom is 0.167 e. The number of ketones is 1. The lowest BCUT2D eigenvalue weighted by Crippen LogP contribution is -2.07. The van der Waals surface area contributed by atoms with Gasteiger partial charge in [0.1, 0.15) is 12.4 Å². The molecule has 0 aromatic heterocycles. The Balaban J connectivity index is 2.80. The van der Waals surface area contributed by atoms with Crippen LogP contribution in [0.25, 0.3) is 0 Å². The van der Waals surface area contributed by atoms with Crippen LogP contribution in [0.2, 0.25) is 0 Å². The molecule has 14 heavy (non-hydrogen) atoms. The zero-order chi connectivity index (χ0) is 10.6. The molecule has 0 fully saturated rings. The maximum atomic E-state index is 10.8. The second kappa shape index (κ2) is 4.80. The summed E-state index contributed by atoms with van der Waals surface area (Å²) in [5, 5.41) is 0. The zero-order valence-corrected chi connectivity index (χ0v) is 8.96. The number of hydrogen-bond acceptors (Lipinski definition) is 2. The van der Waals surface area contributed by atoms with E-state index >= 15 is 0 Å². The van der Waals surface area contributed by atoms with Gasteiger partial charge >= 0.3 is 0 Å². The molecule has 76 valence electrons. The predicted molar refractivity (Wildman–Crippen MR) is 56.7 cm³/mol. The van der Waals surface area contributed by atoms with Crippen molar-refractivity contribution in [2.75, 3.05) is 6.61 Å². The number of hydrogen-bond donors (Lipinski definition) is 0. The van der Waals surface area contributed by atoms with E-state index in [1.807, 2.05) is 19.1 Å². The van der Waals surface area contributed by atoms with Crippen molar-refractivity contribution in [3.8, 4) is 5.75 Å². The normalized spacial score (nSPS) is 9.93. The van der Waals surface area contributed by atoms with Crippen LogP contribution in [0, 0.1) is 6.92 Å². The fourth-order valence-corrected chi connectivity index (χ4v) is 1.30. The van der Waals surface area contributed by atoms with Crippen molar-refractivity contribution in [2.24, 2.45) is 0 Å². The fourth-order valence-electron chi connectivity index (χ4n) is 1.30. The van der Waals surface area contributed by atoms with Crippen LogP contribution >= 0.6 is 0 Å². The van der Waals surface area contributed by atoms with Gasteiger partial charge in [-0.25, -0.2) is 0 Å². The van der Waals surface area contributed by atoms with Gasteiger partial charge in [0, 0.05) is 0 Å². The monoisotopic (exact) mass is 192 g/mol. The summed E-state index contributed by atoms with van der Waals surface area (Å²) in [6.07, 6.45) is 0.926. The van der Waals surface area contributed by atoms with E-state index in [2.05, 4.69) is 13.0 Å². The molecule has 0 heterocycles. The summed E-state index contributed by atoms with van der Waals surface area (Å²) in [5.74, 6) is 0.876. The van der Waals surface area contributed by atoms with E-state index in [1.54, 1.807) is 0 Å². The first-order chi connectivity index (χ1) is 6.63. The third-order valence-electron chi connectivity index (χ3n) is 2.03. The molecule has 0 radical (unpaired) electrons. The predicted octanol–water partition coefficient (Wildman–Crippen LogP) is 2.53. The number of benzene rings is 1. The quantitative estimate of drug-likeness (QED) is 0.732. The average Bonchev–Trinajstić information content (AvgIpc) is 2.15. The van der Waals surface area contributed by atoms with Crippen LogP contribution < -0.4 is 4.74 Å². The number of Topliss-reactive ketones (excluding diaryl/α,β-unsaturated/α-hetero) is 1. The topological polar surface area (TPSA) is 26.3 Å². The lowest BCUT2D eigenvalue weighted by atomic mass is 10.1. The van der Waals surface area contributed by atoms with Gasteiger partial charge in [-0.05, 0) is 31.9 Å². The third kappa shape index (κ3) is 2.87. The molecule has 0 bridgehead atoms. The van der Waals surface area contributed by atoms with Crippen molar-refractivity contribution in [1.82, 2.24) is 0 Å². The third-order valence-corrected chi connectivity index (χ3v) is 2.03. The molecule has 0 atom stereocenters. The minimum Gasteiger partial charge on any atom is -0.486 e. The Morgan fingerprint density at radius 2 is 2.14 bits per heavy atom. The standard InChI is InChI=1S/C12H16O2/c1-4-11-7-9(2)5-6-12(11)14-8-10(3)13/h5-7H,4,8H2,1-3H3. The SMILES string of the molecule is CCc1cc(C)ccc1OCC(C)=O. The summed E-state index contributed by atoms with van der Waals surface area (Å²) >= 11 is 0. The van der Waals surface area contributed by atoms with Crippen LogP contribution in [0.3, 0.4) is 0 Å². The zero-order valence-electron chi connectivity index (χ0n) is 8.96. The van der Waals surface area contributed by atoms with Gasteiger partial charge in [-0.2, -0.15) is 0 Å². The molecule has 0 saturated heterocycles. The highest BCUT2D eigenvalue weighted by Gasteiger charge is 2.03. The molecule has 2 heteroatoms. The van der Waals surface area contributed by atoms with Crippen molar-refractivity contribution in [3.63, 3.8) is 0 Å². The number of carbonyl (C=O) groups excluding carboxylic acids is 1. The first-order valence-corrected chi connectivity index (χ1v) is 4.85. The van der Waals surface area contributed by atoms with Crippen LogP contribution in [-0.4, -0.2) is 12.4 Å². The summed E-state index contributed by atoms with van der Waals surface area (Å²) in [7, 11) is 0. The van der Waals surface area contributed by atoms with E-state index < -0.39 is 0 Å². The molecular weight excluding hydrogens is 176 g/mol. The van der Waals surface area contributed by atoms with Gasteiger partial charge in [0.25, 0.3) is 0 Å². The molecule has 1 aromatic carbocycles. The maximum absolute atomic E-state index is 10.8. The second-order valence-electron chi connectivity index (χ2n) is 3.46. The molecule has 0 aliphatic heterocycles. The fraction of sp³-hybridized carbons (Fsp3) is 0.417. The van der Waals surface area contributed by atoms with E-state index in [-0.39, 0.29) is 12.4 Å². The van der Waals surface area contributed by atoms with Gasteiger partial charge in [-0.3, -0.25) is 4.79 Å². The minimum absolute atomic E-state index is 0.0487. The molecule has 0 N–H and O–H groups in total. The van der Waals surface area contributed by atoms with E-state index in [1.165, 1.54) is 12.5 Å². The highest BCUT2D eigenvalue weighted by atomic mass is 16.5. The van der Waals surface area contributed by atoms with Crippen molar-refractivity contribution >= 4 is 5.78 Å². The molecule has 1 rings (SSSR count). The molecule has 0 unspecified atom stereocenters. The Bertz CT molecular complexity index is 329. The Morgan fingerprint density at radius 3 is 2.71 bits per heavy atom. The van der Waals surface area contributed by atoms with E-state index in [0.717, 1.165) is 17.7 Å². The lowest BCUT2D eigenvalue weighted by Gasteiger charge is -2.09. The van der Waals surface area contributed by atoms with E-state index in [0.29, 0.717) is 0 Å². The van der Waals surface area contributed by atoms with Gasteiger partial charge in [0.15, 0.2) is 5.78 Å². The van der Waals surface area contributed by atoms with E-state index in [9.17, 15) is 4.79 Å². The summed E-state index contributed by atoms with van der Waals surface area (Å²) in [5.41, 5.74) is 2.38. The largest absolute Gasteiger partial charge is 0.486 e. The molecule has 0 amide bonds. The van der Waals surface area contributed by atoms with Crippen molar-refractivity contribution in [2.45, 2.75) is 27.2 Å². The number of ether oxygens (including phenoxy) is 1. The van der Waals surface area contributed by atoms with Gasteiger partial charge in [0.2, 0.25) is 0 Å². The van der Waals surface area contributed by atoms with Crippen LogP contribution in [0.15, 0.2) is 18.2 Å². The van der Waals surface area contributed by atoms with Crippen molar-refractivity contribution in [1.29, 1.82) is 0 Å². The molecule has 0 spiro atoms. The molecule has 0 aliphatic rings. The highest BCUT2D eigenvalue weighted by Crippen LogP contribution is 2.20. The van der Waals surface area contributed by atoms with Crippen molar-refractivity contribution < 1.29 is 9.53 Å². The van der Waals surface area contributed by atoms with E-state index in [4.69, 9.17) is 4.74 Å². The van der Waals surface area contributed by atoms with Crippen LogP contribution in [0.5, 0.6) is 5.75 Å². The van der Waals surface area contributed by atoms with Gasteiger partial charge < -0.3 is 4.74 Å². The second-order valence-corrected chi connectivity index (χ2v) is 3.46. The van der Waals surface area contributed by atoms with Crippen LogP contribution in [0.1, 0.15) is 25.0 Å². The molecule has 0 saturated carbocycles. The summed E-state index contributed by atoms with van der Waals surface area (Å²) in [4.78, 5) is 10.8. The summed E-state index contributed by atoms with van der Waals surface area (Å²) in [6.45, 7) is 5.82. The first-order valence-electron chi connectivity index (χ1n) is 4.85. The Hall–Kier alpha value is -1.31. The summed E-state index contributed by atoms with van der Waals surface area (Å²) in [6, 6.07) is 6.02.